The Bertz CT molecular complexity index is 725. The van der Waals surface area contributed by atoms with E-state index < -0.39 is 9.84 Å². The van der Waals surface area contributed by atoms with E-state index in [1.54, 1.807) is 20.4 Å². The van der Waals surface area contributed by atoms with E-state index in [9.17, 15) is 13.2 Å². The second-order valence-corrected chi connectivity index (χ2v) is 9.22. The molecular formula is C18H28N2O4S. The Labute approximate surface area is 150 Å². The first-order valence-corrected chi connectivity index (χ1v) is 10.4. The van der Waals surface area contributed by atoms with E-state index in [1.165, 1.54) is 4.90 Å². The molecule has 6 nitrogen and oxygen atoms in total. The molecule has 1 heterocycles. The molecule has 1 aliphatic rings. The second-order valence-electron chi connectivity index (χ2n) is 6.82. The van der Waals surface area contributed by atoms with Crippen LogP contribution >= 0.6 is 0 Å². The summed E-state index contributed by atoms with van der Waals surface area (Å²) in [4.78, 5) is 18.3. The lowest BCUT2D eigenvalue weighted by molar-refractivity contribution is -0.130. The number of carbonyl (C=O) groups excluding carboxylic acids is 1. The number of aromatic nitrogens is 1. The van der Waals surface area contributed by atoms with Crippen LogP contribution in [0.4, 0.5) is 0 Å². The molecule has 0 atom stereocenters. The molecule has 7 heteroatoms. The lowest BCUT2D eigenvalue weighted by atomic mass is 10.1. The van der Waals surface area contributed by atoms with E-state index in [0.717, 1.165) is 48.3 Å². The predicted molar refractivity (Wildman–Crippen MR) is 97.4 cm³/mol. The predicted octanol–water partition coefficient (Wildman–Crippen LogP) is 2.41. The van der Waals surface area contributed by atoms with Gasteiger partial charge in [0.05, 0.1) is 30.4 Å². The number of ether oxygens (including phenoxy) is 1. The van der Waals surface area contributed by atoms with Gasteiger partial charge in [0.2, 0.25) is 5.91 Å². The van der Waals surface area contributed by atoms with Crippen molar-refractivity contribution in [3.05, 3.63) is 23.0 Å². The van der Waals surface area contributed by atoms with Crippen LogP contribution in [0.15, 0.2) is 6.20 Å². The third-order valence-electron chi connectivity index (χ3n) is 4.97. The Morgan fingerprint density at radius 1 is 1.32 bits per heavy atom. The lowest BCUT2D eigenvalue weighted by Gasteiger charge is -2.20. The van der Waals surface area contributed by atoms with Crippen LogP contribution in [0.3, 0.4) is 0 Å². The molecule has 0 unspecified atom stereocenters. The van der Waals surface area contributed by atoms with Crippen LogP contribution in [0, 0.1) is 13.8 Å². The van der Waals surface area contributed by atoms with Gasteiger partial charge in [0.1, 0.15) is 5.75 Å². The number of sulfone groups is 1. The maximum atomic E-state index is 12.3. The molecule has 1 aromatic heterocycles. The van der Waals surface area contributed by atoms with Gasteiger partial charge in [0, 0.05) is 30.8 Å². The van der Waals surface area contributed by atoms with Gasteiger partial charge in [-0.3, -0.25) is 9.78 Å². The first-order valence-electron chi connectivity index (χ1n) is 8.71. The van der Waals surface area contributed by atoms with Crippen molar-refractivity contribution in [3.63, 3.8) is 0 Å². The van der Waals surface area contributed by atoms with E-state index in [-0.39, 0.29) is 23.3 Å². The van der Waals surface area contributed by atoms with Gasteiger partial charge in [0.25, 0.3) is 0 Å². The molecule has 0 aromatic carbocycles. The van der Waals surface area contributed by atoms with Crippen LogP contribution in [-0.4, -0.2) is 49.4 Å². The molecule has 0 spiro atoms. The highest BCUT2D eigenvalue weighted by atomic mass is 32.2. The third-order valence-corrected chi connectivity index (χ3v) is 7.23. The molecule has 0 aliphatic heterocycles. The molecular weight excluding hydrogens is 340 g/mol. The third kappa shape index (κ3) is 4.71. The van der Waals surface area contributed by atoms with E-state index in [2.05, 4.69) is 4.98 Å². The number of hydrogen-bond acceptors (Lipinski definition) is 5. The Morgan fingerprint density at radius 3 is 2.56 bits per heavy atom. The summed E-state index contributed by atoms with van der Waals surface area (Å²) in [6.45, 7) is 4.17. The van der Waals surface area contributed by atoms with Crippen molar-refractivity contribution in [1.82, 2.24) is 9.88 Å². The van der Waals surface area contributed by atoms with Crippen molar-refractivity contribution < 1.29 is 17.9 Å². The van der Waals surface area contributed by atoms with Crippen LogP contribution in [0.2, 0.25) is 0 Å². The summed E-state index contributed by atoms with van der Waals surface area (Å²) in [5.74, 6) is 0.529. The molecule has 25 heavy (non-hydrogen) atoms. The first kappa shape index (κ1) is 19.7. The normalized spacial score (nSPS) is 15.4. The molecule has 1 saturated carbocycles. The fourth-order valence-corrected chi connectivity index (χ4v) is 5.22. The van der Waals surface area contributed by atoms with Crippen molar-refractivity contribution in [1.29, 1.82) is 0 Å². The van der Waals surface area contributed by atoms with E-state index in [1.807, 2.05) is 13.8 Å². The standard InChI is InChI=1S/C18H28N2O4S/c1-13-11-19-16(14(2)18(13)24-4)12-20(3)17(21)9-10-25(22,23)15-7-5-6-8-15/h11,15H,5-10,12H2,1-4H3. The van der Waals surface area contributed by atoms with Crippen LogP contribution in [0.5, 0.6) is 5.75 Å². The summed E-state index contributed by atoms with van der Waals surface area (Å²) in [6.07, 6.45) is 5.16. The Hall–Kier alpha value is -1.63. The van der Waals surface area contributed by atoms with Crippen molar-refractivity contribution in [2.75, 3.05) is 19.9 Å². The zero-order chi connectivity index (χ0) is 18.6. The number of pyridine rings is 1. The summed E-state index contributed by atoms with van der Waals surface area (Å²) >= 11 is 0. The van der Waals surface area contributed by atoms with Crippen LogP contribution in [0.25, 0.3) is 0 Å². The zero-order valence-electron chi connectivity index (χ0n) is 15.5. The van der Waals surface area contributed by atoms with Crippen LogP contribution < -0.4 is 4.74 Å². The summed E-state index contributed by atoms with van der Waals surface area (Å²) in [6, 6.07) is 0. The number of carbonyl (C=O) groups is 1. The average molecular weight is 368 g/mol. The summed E-state index contributed by atoms with van der Waals surface area (Å²) in [5.41, 5.74) is 2.61. The largest absolute Gasteiger partial charge is 0.496 e. The molecule has 1 aromatic rings. The number of aryl methyl sites for hydroxylation is 1. The van der Waals surface area contributed by atoms with Crippen molar-refractivity contribution in [3.8, 4) is 5.75 Å². The summed E-state index contributed by atoms with van der Waals surface area (Å²) < 4.78 is 30.0. The average Bonchev–Trinajstić information content (AvgIpc) is 3.11. The molecule has 0 saturated heterocycles. The number of methoxy groups -OCH3 is 1. The van der Waals surface area contributed by atoms with Crippen molar-refractivity contribution in [2.24, 2.45) is 0 Å². The van der Waals surface area contributed by atoms with Gasteiger partial charge in [-0.25, -0.2) is 8.42 Å². The first-order chi connectivity index (χ1) is 11.8. The highest BCUT2D eigenvalue weighted by Gasteiger charge is 2.29. The minimum absolute atomic E-state index is 0.0252. The van der Waals surface area contributed by atoms with Crippen molar-refractivity contribution in [2.45, 2.75) is 57.7 Å². The second kappa shape index (κ2) is 8.17. The van der Waals surface area contributed by atoms with Gasteiger partial charge >= 0.3 is 0 Å². The zero-order valence-corrected chi connectivity index (χ0v) is 16.4. The van der Waals surface area contributed by atoms with Gasteiger partial charge in [-0.15, -0.1) is 0 Å². The lowest BCUT2D eigenvalue weighted by Crippen LogP contribution is -2.30. The maximum Gasteiger partial charge on any atom is 0.223 e. The molecule has 140 valence electrons. The summed E-state index contributed by atoms with van der Waals surface area (Å²) in [5, 5.41) is -0.254. The van der Waals surface area contributed by atoms with Gasteiger partial charge in [-0.05, 0) is 26.7 Å². The monoisotopic (exact) mass is 368 g/mol. The molecule has 1 fully saturated rings. The molecule has 2 rings (SSSR count). The fourth-order valence-electron chi connectivity index (χ4n) is 3.38. The number of nitrogens with zero attached hydrogens (tertiary/aromatic N) is 2. The molecule has 0 N–H and O–H groups in total. The van der Waals surface area contributed by atoms with E-state index in [0.29, 0.717) is 6.54 Å². The minimum atomic E-state index is -3.17. The highest BCUT2D eigenvalue weighted by Crippen LogP contribution is 2.26. The number of amides is 1. The highest BCUT2D eigenvalue weighted by molar-refractivity contribution is 7.92. The topological polar surface area (TPSA) is 76.6 Å². The minimum Gasteiger partial charge on any atom is -0.496 e. The van der Waals surface area contributed by atoms with Gasteiger partial charge in [-0.2, -0.15) is 0 Å². The van der Waals surface area contributed by atoms with Crippen LogP contribution in [-0.2, 0) is 21.2 Å². The SMILES string of the molecule is COc1c(C)cnc(CN(C)C(=O)CCS(=O)(=O)C2CCCC2)c1C. The molecule has 1 aliphatic carbocycles. The Morgan fingerprint density at radius 2 is 1.96 bits per heavy atom. The molecule has 0 bridgehead atoms. The maximum absolute atomic E-state index is 12.3. The quantitative estimate of drug-likeness (QED) is 0.739. The van der Waals surface area contributed by atoms with E-state index in [4.69, 9.17) is 4.74 Å². The smallest absolute Gasteiger partial charge is 0.223 e. The number of hydrogen-bond donors (Lipinski definition) is 0. The van der Waals surface area contributed by atoms with E-state index >= 15 is 0 Å². The summed E-state index contributed by atoms with van der Waals surface area (Å²) in [7, 11) is 0.122. The van der Waals surface area contributed by atoms with Crippen LogP contribution in [0.1, 0.15) is 48.9 Å². The van der Waals surface area contributed by atoms with Gasteiger partial charge in [0.15, 0.2) is 9.84 Å². The van der Waals surface area contributed by atoms with Crippen molar-refractivity contribution >= 4 is 15.7 Å². The molecule has 1 amide bonds. The number of rotatable bonds is 7. The van der Waals surface area contributed by atoms with Gasteiger partial charge in [-0.1, -0.05) is 12.8 Å². The fraction of sp³-hybridized carbons (Fsp3) is 0.667. The Balaban J connectivity index is 1.97. The molecule has 0 radical (unpaired) electrons. The Kier molecular flexibility index (Phi) is 6.43. The van der Waals surface area contributed by atoms with Gasteiger partial charge < -0.3 is 9.64 Å².